The van der Waals surface area contributed by atoms with E-state index in [1.165, 1.54) is 0 Å². The zero-order valence-corrected chi connectivity index (χ0v) is 20.1. The van der Waals surface area contributed by atoms with E-state index in [4.69, 9.17) is 9.98 Å². The van der Waals surface area contributed by atoms with Crippen LogP contribution in [-0.4, -0.2) is 21.2 Å². The zero-order chi connectivity index (χ0) is 25.6. The standard InChI is InChI=1S/C32H18N6/c33-14-24(15-34)30-27-4-2-1-3-25(27)26-8-7-19(13-28(26)30)22-11-20-5-6-21-12-23(29-18-35-9-10-36-29)17-38-32(21)31(20)37-16-22/h1-13,16-18,20,31H. The highest BCUT2D eigenvalue weighted by molar-refractivity contribution is 6.12. The minimum atomic E-state index is -0.0902. The first-order valence-electron chi connectivity index (χ1n) is 12.2. The smallest absolute Gasteiger partial charge is 0.138 e. The largest absolute Gasteiger partial charge is 0.282 e. The Kier molecular flexibility index (Phi) is 4.92. The normalized spacial score (nSPS) is 17.8. The number of aromatic nitrogens is 3. The molecule has 2 atom stereocenters. The van der Waals surface area contributed by atoms with Gasteiger partial charge in [0.2, 0.25) is 0 Å². The summed E-state index contributed by atoms with van der Waals surface area (Å²) in [5.74, 6) is 0.0756. The van der Waals surface area contributed by atoms with E-state index >= 15 is 0 Å². The fraction of sp³-hybridized carbons (Fsp3) is 0.0625. The fourth-order valence-corrected chi connectivity index (χ4v) is 5.51. The summed E-state index contributed by atoms with van der Waals surface area (Å²) in [6, 6.07) is 20.3. The van der Waals surface area contributed by atoms with Crippen LogP contribution in [0.1, 0.15) is 34.0 Å². The molecule has 1 aliphatic heterocycles. The van der Waals surface area contributed by atoms with Crippen LogP contribution in [0.15, 0.2) is 96.0 Å². The molecule has 176 valence electrons. The second kappa shape index (κ2) is 8.58. The molecule has 38 heavy (non-hydrogen) atoms. The predicted molar refractivity (Wildman–Crippen MR) is 146 cm³/mol. The summed E-state index contributed by atoms with van der Waals surface area (Å²) in [4.78, 5) is 18.2. The summed E-state index contributed by atoms with van der Waals surface area (Å²) in [5.41, 5.74) is 10.4. The molecule has 2 aromatic heterocycles. The van der Waals surface area contributed by atoms with Gasteiger partial charge < -0.3 is 0 Å². The Balaban J connectivity index is 1.25. The average Bonchev–Trinajstić information content (AvgIpc) is 3.31. The molecule has 6 heteroatoms. The molecule has 2 unspecified atom stereocenters. The van der Waals surface area contributed by atoms with Crippen molar-refractivity contribution in [2.75, 3.05) is 0 Å². The maximum Gasteiger partial charge on any atom is 0.138 e. The van der Waals surface area contributed by atoms with Gasteiger partial charge >= 0.3 is 0 Å². The number of dihydropyridines is 1. The Morgan fingerprint density at radius 1 is 0.816 bits per heavy atom. The Morgan fingerprint density at radius 2 is 1.66 bits per heavy atom. The zero-order valence-electron chi connectivity index (χ0n) is 20.1. The first-order chi connectivity index (χ1) is 18.7. The van der Waals surface area contributed by atoms with Crippen LogP contribution in [0.3, 0.4) is 0 Å². The maximum absolute atomic E-state index is 9.66. The van der Waals surface area contributed by atoms with E-state index in [1.54, 1.807) is 18.6 Å². The lowest BCUT2D eigenvalue weighted by atomic mass is 9.84. The number of hydrogen-bond donors (Lipinski definition) is 0. The molecule has 2 aromatic carbocycles. The van der Waals surface area contributed by atoms with Crippen molar-refractivity contribution in [1.82, 2.24) is 15.0 Å². The number of nitrogens with zero attached hydrogens (tertiary/aromatic N) is 6. The minimum Gasteiger partial charge on any atom is -0.282 e. The van der Waals surface area contributed by atoms with Crippen molar-refractivity contribution in [3.63, 3.8) is 0 Å². The summed E-state index contributed by atoms with van der Waals surface area (Å²) in [5, 5.41) is 19.3. The van der Waals surface area contributed by atoms with Crippen LogP contribution in [0.4, 0.5) is 0 Å². The van der Waals surface area contributed by atoms with Gasteiger partial charge in [-0.25, -0.2) is 0 Å². The lowest BCUT2D eigenvalue weighted by Gasteiger charge is -2.27. The molecule has 0 saturated heterocycles. The maximum atomic E-state index is 9.66. The van der Waals surface area contributed by atoms with Gasteiger partial charge in [0.15, 0.2) is 0 Å². The first kappa shape index (κ1) is 21.8. The van der Waals surface area contributed by atoms with Crippen molar-refractivity contribution >= 4 is 23.4 Å². The van der Waals surface area contributed by atoms with Crippen molar-refractivity contribution in [3.05, 3.63) is 119 Å². The highest BCUT2D eigenvalue weighted by Gasteiger charge is 2.30. The van der Waals surface area contributed by atoms with Crippen molar-refractivity contribution in [2.45, 2.75) is 6.04 Å². The molecule has 3 heterocycles. The van der Waals surface area contributed by atoms with Gasteiger partial charge in [0.1, 0.15) is 23.8 Å². The summed E-state index contributed by atoms with van der Waals surface area (Å²) < 4.78 is 0. The Bertz CT molecular complexity index is 1830. The first-order valence-corrected chi connectivity index (χ1v) is 12.2. The van der Waals surface area contributed by atoms with Crippen LogP contribution < -0.4 is 0 Å². The van der Waals surface area contributed by atoms with Crippen LogP contribution in [0.2, 0.25) is 0 Å². The molecule has 7 rings (SSSR count). The van der Waals surface area contributed by atoms with Crippen molar-refractivity contribution in [3.8, 4) is 34.5 Å². The number of hydrogen-bond acceptors (Lipinski definition) is 6. The quantitative estimate of drug-likeness (QED) is 0.276. The van der Waals surface area contributed by atoms with Crippen molar-refractivity contribution < 1.29 is 0 Å². The highest BCUT2D eigenvalue weighted by atomic mass is 14.9. The summed E-state index contributed by atoms with van der Waals surface area (Å²) in [6.07, 6.45) is 15.3. The molecule has 0 radical (unpaired) electrons. The van der Waals surface area contributed by atoms with E-state index in [-0.39, 0.29) is 17.5 Å². The lowest BCUT2D eigenvalue weighted by Crippen LogP contribution is -2.17. The van der Waals surface area contributed by atoms with Crippen LogP contribution >= 0.6 is 0 Å². The third-order valence-corrected chi connectivity index (χ3v) is 7.28. The van der Waals surface area contributed by atoms with Gasteiger partial charge in [-0.1, -0.05) is 54.6 Å². The molecule has 6 nitrogen and oxygen atoms in total. The topological polar surface area (TPSA) is 98.6 Å². The molecule has 0 N–H and O–H groups in total. The van der Waals surface area contributed by atoms with E-state index in [0.717, 1.165) is 55.9 Å². The number of benzene rings is 2. The number of rotatable bonds is 2. The number of nitriles is 2. The van der Waals surface area contributed by atoms with Gasteiger partial charge in [0.25, 0.3) is 0 Å². The van der Waals surface area contributed by atoms with Crippen LogP contribution in [0.25, 0.3) is 39.6 Å². The van der Waals surface area contributed by atoms with Gasteiger partial charge in [0.05, 0.1) is 17.6 Å². The van der Waals surface area contributed by atoms with E-state index in [9.17, 15) is 10.5 Å². The SMILES string of the molecule is N#CC(C#N)=C1c2ccccc2-c2ccc(C3=CC4C=Cc5cc(-c6cnccn6)cnc5C4N=C3)cc21. The molecule has 0 spiro atoms. The fourth-order valence-electron chi connectivity index (χ4n) is 5.51. The average molecular weight is 487 g/mol. The summed E-state index contributed by atoms with van der Waals surface area (Å²) in [7, 11) is 0. The predicted octanol–water partition coefficient (Wildman–Crippen LogP) is 6.22. The van der Waals surface area contributed by atoms with Gasteiger partial charge in [-0.15, -0.1) is 0 Å². The molecule has 0 bridgehead atoms. The number of allylic oxidation sites excluding steroid dienone is 2. The van der Waals surface area contributed by atoms with Crippen LogP contribution in [0, 0.1) is 28.6 Å². The van der Waals surface area contributed by atoms with Gasteiger partial charge in [0, 0.05) is 41.9 Å². The minimum absolute atomic E-state index is 0.0756. The van der Waals surface area contributed by atoms with E-state index in [2.05, 4.69) is 64.6 Å². The van der Waals surface area contributed by atoms with Crippen LogP contribution in [-0.2, 0) is 0 Å². The summed E-state index contributed by atoms with van der Waals surface area (Å²) in [6.45, 7) is 0. The Hall–Kier alpha value is -5.46. The molecule has 0 fully saturated rings. The molecule has 3 aliphatic rings. The Morgan fingerprint density at radius 3 is 2.47 bits per heavy atom. The lowest BCUT2D eigenvalue weighted by molar-refractivity contribution is 0.596. The van der Waals surface area contributed by atoms with Gasteiger partial charge in [-0.3, -0.25) is 19.9 Å². The second-order valence-corrected chi connectivity index (χ2v) is 9.35. The molecule has 2 aliphatic carbocycles. The van der Waals surface area contributed by atoms with Crippen LogP contribution in [0.5, 0.6) is 0 Å². The molecular weight excluding hydrogens is 468 g/mol. The van der Waals surface area contributed by atoms with E-state index < -0.39 is 0 Å². The second-order valence-electron chi connectivity index (χ2n) is 9.35. The van der Waals surface area contributed by atoms with Gasteiger partial charge in [-0.05, 0) is 51.1 Å². The monoisotopic (exact) mass is 486 g/mol. The third-order valence-electron chi connectivity index (χ3n) is 7.28. The Labute approximate surface area is 219 Å². The molecular formula is C32H18N6. The summed E-state index contributed by atoms with van der Waals surface area (Å²) >= 11 is 0. The third kappa shape index (κ3) is 3.32. The molecule has 0 amide bonds. The van der Waals surface area contributed by atoms with Crippen molar-refractivity contribution in [1.29, 1.82) is 10.5 Å². The number of pyridine rings is 1. The van der Waals surface area contributed by atoms with Crippen molar-refractivity contribution in [2.24, 2.45) is 10.9 Å². The number of aliphatic imine (C=N–C) groups is 1. The van der Waals surface area contributed by atoms with E-state index in [1.807, 2.05) is 36.7 Å². The highest BCUT2D eigenvalue weighted by Crippen LogP contribution is 2.47. The van der Waals surface area contributed by atoms with Gasteiger partial charge in [-0.2, -0.15) is 10.5 Å². The number of fused-ring (bicyclic) bond motifs is 6. The molecule has 4 aromatic rings. The van der Waals surface area contributed by atoms with E-state index in [0.29, 0.717) is 5.57 Å². The molecule has 0 saturated carbocycles.